The Morgan fingerprint density at radius 1 is 1.10 bits per heavy atom. The fourth-order valence-corrected chi connectivity index (χ4v) is 1.87. The van der Waals surface area contributed by atoms with Gasteiger partial charge in [0.2, 0.25) is 0 Å². The van der Waals surface area contributed by atoms with Crippen molar-refractivity contribution in [2.24, 2.45) is 0 Å². The highest BCUT2D eigenvalue weighted by Crippen LogP contribution is 2.28. The van der Waals surface area contributed by atoms with Gasteiger partial charge in [-0.2, -0.15) is 0 Å². The van der Waals surface area contributed by atoms with E-state index in [1.54, 1.807) is 18.2 Å². The zero-order valence-corrected chi connectivity index (χ0v) is 11.7. The highest BCUT2D eigenvalue weighted by Gasteiger charge is 2.12. The fraction of sp³-hybridized carbons (Fsp3) is 0.176. The van der Waals surface area contributed by atoms with Crippen LogP contribution in [-0.2, 0) is 11.2 Å². The molecule has 0 spiro atoms. The van der Waals surface area contributed by atoms with Gasteiger partial charge in [0.25, 0.3) is 0 Å². The summed E-state index contributed by atoms with van der Waals surface area (Å²) >= 11 is 0. The molecule has 21 heavy (non-hydrogen) atoms. The van der Waals surface area contributed by atoms with Gasteiger partial charge in [0.05, 0.1) is 13.0 Å². The molecule has 0 unspecified atom stereocenters. The molecule has 2 aromatic rings. The lowest BCUT2D eigenvalue weighted by Crippen LogP contribution is -2.12. The van der Waals surface area contributed by atoms with Gasteiger partial charge in [0, 0.05) is 5.56 Å². The topological polar surface area (TPSA) is 52.6 Å². The van der Waals surface area contributed by atoms with Crippen LogP contribution in [0.5, 0.6) is 11.5 Å². The summed E-state index contributed by atoms with van der Waals surface area (Å²) in [6.45, 7) is 2.24. The molecule has 108 valence electrons. The maximum atomic E-state index is 11.9. The molecule has 0 radical (unpaired) electrons. The summed E-state index contributed by atoms with van der Waals surface area (Å²) in [4.78, 5) is 22.7. The minimum Gasteiger partial charge on any atom is -0.490 e. The second-order valence-corrected chi connectivity index (χ2v) is 4.39. The van der Waals surface area contributed by atoms with E-state index in [0.717, 1.165) is 11.8 Å². The number of aldehydes is 1. The first-order valence-corrected chi connectivity index (χ1v) is 6.69. The molecule has 0 aromatic heterocycles. The predicted octanol–water partition coefficient (Wildman–Crippen LogP) is 3.05. The van der Waals surface area contributed by atoms with Gasteiger partial charge < -0.3 is 9.47 Å². The average molecular weight is 284 g/mol. The molecule has 4 heteroatoms. The van der Waals surface area contributed by atoms with Crippen LogP contribution in [0, 0.1) is 0 Å². The highest BCUT2D eigenvalue weighted by molar-refractivity contribution is 5.79. The van der Waals surface area contributed by atoms with Crippen LogP contribution in [0.1, 0.15) is 22.8 Å². The van der Waals surface area contributed by atoms with Crippen molar-refractivity contribution < 1.29 is 19.1 Å². The summed E-state index contributed by atoms with van der Waals surface area (Å²) in [5.41, 5.74) is 1.35. The Bertz CT molecular complexity index is 620. The van der Waals surface area contributed by atoms with Crippen LogP contribution in [0.3, 0.4) is 0 Å². The van der Waals surface area contributed by atoms with E-state index in [-0.39, 0.29) is 12.4 Å². The monoisotopic (exact) mass is 284 g/mol. The first-order chi connectivity index (χ1) is 10.2. The molecule has 4 nitrogen and oxygen atoms in total. The maximum absolute atomic E-state index is 11.9. The Hall–Kier alpha value is -2.62. The molecule has 2 aromatic carbocycles. The Labute approximate surface area is 123 Å². The third-order valence-corrected chi connectivity index (χ3v) is 2.82. The quantitative estimate of drug-likeness (QED) is 0.465. The van der Waals surface area contributed by atoms with E-state index >= 15 is 0 Å². The summed E-state index contributed by atoms with van der Waals surface area (Å²) in [5, 5.41) is 0. The van der Waals surface area contributed by atoms with Gasteiger partial charge in [0.15, 0.2) is 11.5 Å². The summed E-state index contributed by atoms with van der Waals surface area (Å²) in [5.74, 6) is 0.341. The third kappa shape index (κ3) is 4.18. The summed E-state index contributed by atoms with van der Waals surface area (Å²) in [6.07, 6.45) is 0.903. The summed E-state index contributed by atoms with van der Waals surface area (Å²) < 4.78 is 10.7. The molecule has 0 aliphatic rings. The number of hydrogen-bond donors (Lipinski definition) is 0. The Balaban J connectivity index is 2.11. The van der Waals surface area contributed by atoms with Crippen LogP contribution in [-0.4, -0.2) is 18.9 Å². The number of hydrogen-bond acceptors (Lipinski definition) is 4. The van der Waals surface area contributed by atoms with Gasteiger partial charge in [-0.05, 0) is 30.7 Å². The number of carbonyl (C=O) groups excluding carboxylic acids is 2. The SMILES string of the molecule is CCOc1cc(C=O)ccc1OC(=O)Cc1ccccc1. The van der Waals surface area contributed by atoms with E-state index in [9.17, 15) is 9.59 Å². The van der Waals surface area contributed by atoms with Crippen molar-refractivity contribution in [1.29, 1.82) is 0 Å². The van der Waals surface area contributed by atoms with E-state index in [2.05, 4.69) is 0 Å². The van der Waals surface area contributed by atoms with E-state index in [4.69, 9.17) is 9.47 Å². The van der Waals surface area contributed by atoms with Gasteiger partial charge in [-0.15, -0.1) is 0 Å². The molecule has 0 atom stereocenters. The Morgan fingerprint density at radius 3 is 2.52 bits per heavy atom. The number of rotatable bonds is 6. The largest absolute Gasteiger partial charge is 0.490 e. The minimum absolute atomic E-state index is 0.182. The third-order valence-electron chi connectivity index (χ3n) is 2.82. The normalized spacial score (nSPS) is 9.95. The fourth-order valence-electron chi connectivity index (χ4n) is 1.87. The lowest BCUT2D eigenvalue weighted by Gasteiger charge is -2.11. The second kappa shape index (κ2) is 7.24. The first-order valence-electron chi connectivity index (χ1n) is 6.69. The number of esters is 1. The van der Waals surface area contributed by atoms with Crippen LogP contribution in [0.25, 0.3) is 0 Å². The lowest BCUT2D eigenvalue weighted by atomic mass is 10.1. The van der Waals surface area contributed by atoms with Gasteiger partial charge >= 0.3 is 5.97 Å². The molecule has 0 saturated carbocycles. The maximum Gasteiger partial charge on any atom is 0.315 e. The van der Waals surface area contributed by atoms with Gasteiger partial charge in [-0.25, -0.2) is 0 Å². The van der Waals surface area contributed by atoms with Crippen molar-refractivity contribution in [3.05, 3.63) is 59.7 Å². The molecule has 0 amide bonds. The Morgan fingerprint density at radius 2 is 1.86 bits per heavy atom. The van der Waals surface area contributed by atoms with Crippen molar-refractivity contribution in [2.75, 3.05) is 6.61 Å². The summed E-state index contributed by atoms with van der Waals surface area (Å²) in [7, 11) is 0. The number of ether oxygens (including phenoxy) is 2. The van der Waals surface area contributed by atoms with Crippen LogP contribution in [0.2, 0.25) is 0 Å². The van der Waals surface area contributed by atoms with Gasteiger partial charge in [-0.1, -0.05) is 30.3 Å². The average Bonchev–Trinajstić information content (AvgIpc) is 2.50. The van der Waals surface area contributed by atoms with Gasteiger partial charge in [0.1, 0.15) is 6.29 Å². The number of benzene rings is 2. The lowest BCUT2D eigenvalue weighted by molar-refractivity contribution is -0.133. The smallest absolute Gasteiger partial charge is 0.315 e. The van der Waals surface area contributed by atoms with E-state index in [0.29, 0.717) is 23.7 Å². The standard InChI is InChI=1S/C17H16O4/c1-2-20-16-10-14(12-18)8-9-15(16)21-17(19)11-13-6-4-3-5-7-13/h3-10,12H,2,11H2,1H3. The van der Waals surface area contributed by atoms with E-state index in [1.165, 1.54) is 0 Å². The van der Waals surface area contributed by atoms with Crippen LogP contribution in [0.15, 0.2) is 48.5 Å². The van der Waals surface area contributed by atoms with Crippen LogP contribution >= 0.6 is 0 Å². The Kier molecular flexibility index (Phi) is 5.10. The summed E-state index contributed by atoms with van der Waals surface area (Å²) in [6, 6.07) is 14.1. The number of carbonyl (C=O) groups is 2. The zero-order chi connectivity index (χ0) is 15.1. The van der Waals surface area contributed by atoms with Crippen molar-refractivity contribution in [3.8, 4) is 11.5 Å². The molecule has 0 aliphatic carbocycles. The molecule has 2 rings (SSSR count). The van der Waals surface area contributed by atoms with Crippen molar-refractivity contribution >= 4 is 12.3 Å². The molecular formula is C17H16O4. The molecular weight excluding hydrogens is 268 g/mol. The van der Waals surface area contributed by atoms with E-state index in [1.807, 2.05) is 37.3 Å². The first kappa shape index (κ1) is 14.8. The molecule has 0 heterocycles. The molecule has 0 saturated heterocycles. The molecule has 0 fully saturated rings. The van der Waals surface area contributed by atoms with Crippen molar-refractivity contribution in [3.63, 3.8) is 0 Å². The van der Waals surface area contributed by atoms with E-state index < -0.39 is 0 Å². The van der Waals surface area contributed by atoms with Crippen LogP contribution < -0.4 is 9.47 Å². The zero-order valence-electron chi connectivity index (χ0n) is 11.7. The highest BCUT2D eigenvalue weighted by atomic mass is 16.6. The van der Waals surface area contributed by atoms with Crippen molar-refractivity contribution in [2.45, 2.75) is 13.3 Å². The van der Waals surface area contributed by atoms with Crippen LogP contribution in [0.4, 0.5) is 0 Å². The second-order valence-electron chi connectivity index (χ2n) is 4.39. The molecule has 0 bridgehead atoms. The minimum atomic E-state index is -0.374. The molecule has 0 aliphatic heterocycles. The van der Waals surface area contributed by atoms with Crippen molar-refractivity contribution in [1.82, 2.24) is 0 Å². The van der Waals surface area contributed by atoms with Gasteiger partial charge in [-0.3, -0.25) is 9.59 Å². The predicted molar refractivity (Wildman–Crippen MR) is 78.8 cm³/mol. The molecule has 0 N–H and O–H groups in total.